The quantitative estimate of drug-likeness (QED) is 0.759. The monoisotopic (exact) mass is 238 g/mol. The molecule has 0 aromatic heterocycles. The summed E-state index contributed by atoms with van der Waals surface area (Å²) in [5.41, 5.74) is -0.242. The lowest BCUT2D eigenvalue weighted by atomic mass is 9.89. The molecule has 0 aromatic carbocycles. The number of nitrogens with zero attached hydrogens (tertiary/aromatic N) is 1. The fraction of sp³-hybridized carbons (Fsp3) is 0.929. The van der Waals surface area contributed by atoms with E-state index in [-0.39, 0.29) is 5.41 Å². The van der Waals surface area contributed by atoms with Gasteiger partial charge in [0.15, 0.2) is 0 Å². The first-order valence-corrected chi connectivity index (χ1v) is 7.04. The van der Waals surface area contributed by atoms with Crippen molar-refractivity contribution in [2.24, 2.45) is 5.41 Å². The van der Waals surface area contributed by atoms with E-state index in [4.69, 9.17) is 0 Å². The number of piperidine rings is 1. The van der Waals surface area contributed by atoms with Gasteiger partial charge < -0.3 is 10.2 Å². The van der Waals surface area contributed by atoms with E-state index in [2.05, 4.69) is 10.2 Å². The molecule has 2 atom stereocenters. The first kappa shape index (κ1) is 12.9. The fourth-order valence-corrected chi connectivity index (χ4v) is 3.10. The second kappa shape index (κ2) is 4.97. The van der Waals surface area contributed by atoms with Crippen molar-refractivity contribution in [1.82, 2.24) is 10.2 Å². The summed E-state index contributed by atoms with van der Waals surface area (Å²) in [6, 6.07) is 0.986. The van der Waals surface area contributed by atoms with E-state index >= 15 is 0 Å². The maximum atomic E-state index is 12.5. The van der Waals surface area contributed by atoms with Gasteiger partial charge in [-0.25, -0.2) is 0 Å². The standard InChI is InChI=1S/C14H26N2O/c1-14(2,3)13(17)16-10-5-4-8-12(16)11-7-6-9-15-11/h11-12,15H,4-10H2,1-3H3. The van der Waals surface area contributed by atoms with E-state index in [0.717, 1.165) is 13.1 Å². The SMILES string of the molecule is CC(C)(C)C(=O)N1CCCCC1C1CCCN1. The number of carbonyl (C=O) groups excluding carboxylic acids is 1. The minimum Gasteiger partial charge on any atom is -0.338 e. The maximum absolute atomic E-state index is 12.5. The predicted octanol–water partition coefficient (Wildman–Crippen LogP) is 2.17. The van der Waals surface area contributed by atoms with Crippen molar-refractivity contribution >= 4 is 5.91 Å². The van der Waals surface area contributed by atoms with Crippen molar-refractivity contribution in [2.45, 2.75) is 65.0 Å². The van der Waals surface area contributed by atoms with Crippen LogP contribution in [0.4, 0.5) is 0 Å². The summed E-state index contributed by atoms with van der Waals surface area (Å²) in [5.74, 6) is 0.330. The third-order valence-corrected chi connectivity index (χ3v) is 4.01. The van der Waals surface area contributed by atoms with Crippen molar-refractivity contribution in [2.75, 3.05) is 13.1 Å². The van der Waals surface area contributed by atoms with E-state index in [9.17, 15) is 4.79 Å². The van der Waals surface area contributed by atoms with Crippen molar-refractivity contribution in [3.05, 3.63) is 0 Å². The van der Waals surface area contributed by atoms with Gasteiger partial charge in [0.2, 0.25) is 5.91 Å². The van der Waals surface area contributed by atoms with Crippen LogP contribution in [0.2, 0.25) is 0 Å². The van der Waals surface area contributed by atoms with Gasteiger partial charge in [0.1, 0.15) is 0 Å². The molecule has 3 heteroatoms. The van der Waals surface area contributed by atoms with Gasteiger partial charge in [-0.2, -0.15) is 0 Å². The molecular weight excluding hydrogens is 212 g/mol. The van der Waals surface area contributed by atoms with Crippen LogP contribution in [0, 0.1) is 5.41 Å². The van der Waals surface area contributed by atoms with Crippen LogP contribution >= 0.6 is 0 Å². The Morgan fingerprint density at radius 1 is 1.18 bits per heavy atom. The van der Waals surface area contributed by atoms with Gasteiger partial charge in [-0.15, -0.1) is 0 Å². The smallest absolute Gasteiger partial charge is 0.228 e. The molecule has 2 heterocycles. The third-order valence-electron chi connectivity index (χ3n) is 4.01. The lowest BCUT2D eigenvalue weighted by molar-refractivity contribution is -0.144. The predicted molar refractivity (Wildman–Crippen MR) is 69.8 cm³/mol. The number of rotatable bonds is 1. The topological polar surface area (TPSA) is 32.3 Å². The van der Waals surface area contributed by atoms with Gasteiger partial charge in [-0.3, -0.25) is 4.79 Å². The Kier molecular flexibility index (Phi) is 3.76. The molecule has 0 bridgehead atoms. The highest BCUT2D eigenvalue weighted by Crippen LogP contribution is 2.28. The molecule has 0 aromatic rings. The molecule has 2 saturated heterocycles. The van der Waals surface area contributed by atoms with Crippen molar-refractivity contribution in [3.63, 3.8) is 0 Å². The Hall–Kier alpha value is -0.570. The third kappa shape index (κ3) is 2.82. The molecule has 2 rings (SSSR count). The van der Waals surface area contributed by atoms with Crippen LogP contribution in [0.25, 0.3) is 0 Å². The largest absolute Gasteiger partial charge is 0.338 e. The maximum Gasteiger partial charge on any atom is 0.228 e. The van der Waals surface area contributed by atoms with Crippen LogP contribution in [-0.4, -0.2) is 36.0 Å². The van der Waals surface area contributed by atoms with Crippen molar-refractivity contribution in [1.29, 1.82) is 0 Å². The Balaban J connectivity index is 2.09. The molecule has 98 valence electrons. The fourth-order valence-electron chi connectivity index (χ4n) is 3.10. The van der Waals surface area contributed by atoms with E-state index < -0.39 is 0 Å². The zero-order chi connectivity index (χ0) is 12.5. The van der Waals surface area contributed by atoms with E-state index in [1.165, 1.54) is 32.1 Å². The highest BCUT2D eigenvalue weighted by Gasteiger charge is 2.37. The number of carbonyl (C=O) groups is 1. The van der Waals surface area contributed by atoms with Gasteiger partial charge in [-0.1, -0.05) is 20.8 Å². The second-order valence-corrected chi connectivity index (χ2v) is 6.51. The molecule has 1 amide bonds. The normalized spacial score (nSPS) is 30.6. The summed E-state index contributed by atoms with van der Waals surface area (Å²) in [6.07, 6.45) is 6.12. The molecule has 3 nitrogen and oxygen atoms in total. The molecule has 0 saturated carbocycles. The van der Waals surface area contributed by atoms with E-state index in [0.29, 0.717) is 18.0 Å². The number of amides is 1. The van der Waals surface area contributed by atoms with Crippen LogP contribution in [-0.2, 0) is 4.79 Å². The molecule has 2 aliphatic rings. The Morgan fingerprint density at radius 3 is 2.53 bits per heavy atom. The zero-order valence-electron chi connectivity index (χ0n) is 11.5. The van der Waals surface area contributed by atoms with Crippen LogP contribution in [0.15, 0.2) is 0 Å². The van der Waals surface area contributed by atoms with Gasteiger partial charge in [0, 0.05) is 24.0 Å². The summed E-state index contributed by atoms with van der Waals surface area (Å²) in [7, 11) is 0. The van der Waals surface area contributed by atoms with Gasteiger partial charge >= 0.3 is 0 Å². The number of hydrogen-bond donors (Lipinski definition) is 1. The highest BCUT2D eigenvalue weighted by molar-refractivity contribution is 5.82. The molecule has 2 fully saturated rings. The molecule has 2 aliphatic heterocycles. The van der Waals surface area contributed by atoms with Crippen molar-refractivity contribution < 1.29 is 4.79 Å². The van der Waals surface area contributed by atoms with Crippen LogP contribution < -0.4 is 5.32 Å². The first-order valence-electron chi connectivity index (χ1n) is 7.04. The second-order valence-electron chi connectivity index (χ2n) is 6.51. The average Bonchev–Trinajstić information content (AvgIpc) is 2.80. The average molecular weight is 238 g/mol. The lowest BCUT2D eigenvalue weighted by Gasteiger charge is -2.42. The Labute approximate surface area is 105 Å². The summed E-state index contributed by atoms with van der Waals surface area (Å²) >= 11 is 0. The van der Waals surface area contributed by atoms with Gasteiger partial charge in [-0.05, 0) is 38.6 Å². The number of likely N-dealkylation sites (tertiary alicyclic amines) is 1. The molecule has 1 N–H and O–H groups in total. The number of nitrogens with one attached hydrogen (secondary N) is 1. The van der Waals surface area contributed by atoms with E-state index in [1.807, 2.05) is 20.8 Å². The molecule has 17 heavy (non-hydrogen) atoms. The van der Waals surface area contributed by atoms with Crippen molar-refractivity contribution in [3.8, 4) is 0 Å². The molecule has 0 radical (unpaired) electrons. The zero-order valence-corrected chi connectivity index (χ0v) is 11.5. The summed E-state index contributed by atoms with van der Waals surface area (Å²) in [6.45, 7) is 8.17. The summed E-state index contributed by atoms with van der Waals surface area (Å²) < 4.78 is 0. The first-order chi connectivity index (χ1) is 8.00. The summed E-state index contributed by atoms with van der Waals surface area (Å²) in [5, 5.41) is 3.57. The molecule has 0 aliphatic carbocycles. The molecule has 0 spiro atoms. The molecule has 2 unspecified atom stereocenters. The van der Waals surface area contributed by atoms with Crippen LogP contribution in [0.3, 0.4) is 0 Å². The van der Waals surface area contributed by atoms with E-state index in [1.54, 1.807) is 0 Å². The Morgan fingerprint density at radius 2 is 1.94 bits per heavy atom. The minimum absolute atomic E-state index is 0.242. The molecular formula is C14H26N2O. The van der Waals surface area contributed by atoms with Gasteiger partial charge in [0.25, 0.3) is 0 Å². The number of hydrogen-bond acceptors (Lipinski definition) is 2. The lowest BCUT2D eigenvalue weighted by Crippen LogP contribution is -2.55. The van der Waals surface area contributed by atoms with Crippen LogP contribution in [0.1, 0.15) is 52.9 Å². The van der Waals surface area contributed by atoms with Crippen LogP contribution in [0.5, 0.6) is 0 Å². The van der Waals surface area contributed by atoms with Gasteiger partial charge in [0.05, 0.1) is 0 Å². The highest BCUT2D eigenvalue weighted by atomic mass is 16.2. The summed E-state index contributed by atoms with van der Waals surface area (Å²) in [4.78, 5) is 14.6. The minimum atomic E-state index is -0.242. The Bertz CT molecular complexity index is 276.